The van der Waals surface area contributed by atoms with Gasteiger partial charge in [-0.2, -0.15) is 0 Å². The van der Waals surface area contributed by atoms with Gasteiger partial charge in [0.25, 0.3) is 0 Å². The summed E-state index contributed by atoms with van der Waals surface area (Å²) >= 11 is 0. The van der Waals surface area contributed by atoms with Crippen molar-refractivity contribution in [2.24, 2.45) is 0 Å². The molecule has 0 aliphatic heterocycles. The summed E-state index contributed by atoms with van der Waals surface area (Å²) in [6.07, 6.45) is 9.60. The third-order valence-electron chi connectivity index (χ3n) is 3.82. The van der Waals surface area contributed by atoms with E-state index < -0.39 is 0 Å². The Kier molecular flexibility index (Phi) is 5.24. The Morgan fingerprint density at radius 1 is 1.11 bits per heavy atom. The van der Waals surface area contributed by atoms with E-state index in [-0.39, 0.29) is 0 Å². The highest BCUT2D eigenvalue weighted by Gasteiger charge is 2.25. The Labute approximate surface area is 118 Å². The van der Waals surface area contributed by atoms with Gasteiger partial charge in [0.1, 0.15) is 5.82 Å². The largest absolute Gasteiger partial charge is 0.356 e. The third-order valence-corrected chi connectivity index (χ3v) is 3.82. The van der Waals surface area contributed by atoms with Crippen LogP contribution >= 0.6 is 0 Å². The number of hydrogen-bond acceptors (Lipinski definition) is 2. The van der Waals surface area contributed by atoms with Gasteiger partial charge in [0, 0.05) is 19.3 Å². The van der Waals surface area contributed by atoms with E-state index in [1.807, 2.05) is 0 Å². The Bertz CT molecular complexity index is 390. The van der Waals surface area contributed by atoms with E-state index in [1.165, 1.54) is 49.0 Å². The van der Waals surface area contributed by atoms with E-state index in [1.54, 1.807) is 0 Å². The molecule has 1 aromatic heterocycles. The van der Waals surface area contributed by atoms with Crippen LogP contribution in [0.5, 0.6) is 0 Å². The maximum absolute atomic E-state index is 4.82. The molecule has 0 atom stereocenters. The topological polar surface area (TPSA) is 16.1 Å². The zero-order valence-corrected chi connectivity index (χ0v) is 12.8. The summed E-state index contributed by atoms with van der Waals surface area (Å²) in [5, 5.41) is 0. The molecule has 0 bridgehead atoms. The first-order valence-electron chi connectivity index (χ1n) is 8.03. The lowest BCUT2D eigenvalue weighted by atomic mass is 10.1. The molecule has 1 aliphatic carbocycles. The second kappa shape index (κ2) is 6.93. The highest BCUT2D eigenvalue weighted by Crippen LogP contribution is 2.40. The smallest absolute Gasteiger partial charge is 0.131 e. The molecule has 0 radical (unpaired) electrons. The lowest BCUT2D eigenvalue weighted by Gasteiger charge is -2.25. The maximum atomic E-state index is 4.82. The fourth-order valence-corrected chi connectivity index (χ4v) is 2.76. The summed E-state index contributed by atoms with van der Waals surface area (Å²) in [5.74, 6) is 2.05. The molecule has 1 saturated carbocycles. The zero-order chi connectivity index (χ0) is 13.7. The van der Waals surface area contributed by atoms with E-state index in [9.17, 15) is 0 Å². The molecule has 106 valence electrons. The number of anilines is 1. The summed E-state index contributed by atoms with van der Waals surface area (Å²) in [6, 6.07) is 2.43. The molecule has 1 fully saturated rings. The van der Waals surface area contributed by atoms with Crippen molar-refractivity contribution < 1.29 is 0 Å². The van der Waals surface area contributed by atoms with Gasteiger partial charge < -0.3 is 4.90 Å². The third kappa shape index (κ3) is 3.71. The van der Waals surface area contributed by atoms with Crippen LogP contribution in [0.25, 0.3) is 0 Å². The molecule has 1 heterocycles. The fourth-order valence-electron chi connectivity index (χ4n) is 2.76. The molecule has 19 heavy (non-hydrogen) atoms. The van der Waals surface area contributed by atoms with Crippen LogP contribution in [0, 0.1) is 0 Å². The number of hydrogen-bond donors (Lipinski definition) is 0. The number of pyridine rings is 1. The van der Waals surface area contributed by atoms with Gasteiger partial charge in [-0.25, -0.2) is 4.98 Å². The molecule has 0 spiro atoms. The number of aryl methyl sites for hydroxylation is 1. The number of nitrogens with zero attached hydrogens (tertiary/aromatic N) is 2. The van der Waals surface area contributed by atoms with Crippen molar-refractivity contribution in [1.82, 2.24) is 4.98 Å². The van der Waals surface area contributed by atoms with Crippen molar-refractivity contribution in [2.75, 3.05) is 18.0 Å². The summed E-state index contributed by atoms with van der Waals surface area (Å²) in [6.45, 7) is 9.01. The lowest BCUT2D eigenvalue weighted by Crippen LogP contribution is -2.27. The van der Waals surface area contributed by atoms with Gasteiger partial charge in [-0.15, -0.1) is 0 Å². The van der Waals surface area contributed by atoms with E-state index in [0.29, 0.717) is 0 Å². The highest BCUT2D eigenvalue weighted by molar-refractivity contribution is 5.49. The molecule has 0 unspecified atom stereocenters. The van der Waals surface area contributed by atoms with E-state index in [2.05, 4.69) is 37.9 Å². The van der Waals surface area contributed by atoms with E-state index in [4.69, 9.17) is 4.98 Å². The molecule has 2 nitrogen and oxygen atoms in total. The van der Waals surface area contributed by atoms with Crippen LogP contribution in [0.4, 0.5) is 5.82 Å². The van der Waals surface area contributed by atoms with Crippen molar-refractivity contribution in [1.29, 1.82) is 0 Å². The predicted octanol–water partition coefficient (Wildman–Crippen LogP) is 4.54. The Balaban J connectivity index is 2.24. The summed E-state index contributed by atoms with van der Waals surface area (Å²) in [7, 11) is 0. The van der Waals surface area contributed by atoms with Crippen molar-refractivity contribution >= 4 is 5.82 Å². The predicted molar refractivity (Wildman–Crippen MR) is 83.0 cm³/mol. The van der Waals surface area contributed by atoms with Gasteiger partial charge in [-0.1, -0.05) is 33.3 Å². The quantitative estimate of drug-likeness (QED) is 0.682. The van der Waals surface area contributed by atoms with Crippen LogP contribution in [0.2, 0.25) is 0 Å². The summed E-state index contributed by atoms with van der Waals surface area (Å²) < 4.78 is 0. The lowest BCUT2D eigenvalue weighted by molar-refractivity contribution is 0.725. The van der Waals surface area contributed by atoms with Crippen molar-refractivity contribution in [3.05, 3.63) is 23.4 Å². The Hall–Kier alpha value is -1.05. The van der Waals surface area contributed by atoms with Crippen LogP contribution in [-0.4, -0.2) is 18.1 Å². The minimum Gasteiger partial charge on any atom is -0.356 e. The van der Waals surface area contributed by atoms with Crippen molar-refractivity contribution in [2.45, 2.75) is 65.2 Å². The van der Waals surface area contributed by atoms with Crippen LogP contribution in [0.15, 0.2) is 12.3 Å². The first-order valence-corrected chi connectivity index (χ1v) is 8.03. The molecule has 2 heteroatoms. The van der Waals surface area contributed by atoms with Gasteiger partial charge in [-0.3, -0.25) is 0 Å². The standard InChI is InChI=1S/C17H28N2/c1-4-7-15-12-16(14-8-9-14)13-18-17(15)19(10-5-2)11-6-3/h12-14H,4-11H2,1-3H3. The monoisotopic (exact) mass is 260 g/mol. The highest BCUT2D eigenvalue weighted by atomic mass is 15.2. The molecule has 0 saturated heterocycles. The van der Waals surface area contributed by atoms with Gasteiger partial charge in [-0.05, 0) is 49.1 Å². The van der Waals surface area contributed by atoms with Gasteiger partial charge in [0.15, 0.2) is 0 Å². The second-order valence-electron chi connectivity index (χ2n) is 5.76. The SMILES string of the molecule is CCCc1cc(C2CC2)cnc1N(CCC)CCC. The first kappa shape index (κ1) is 14.4. The van der Waals surface area contributed by atoms with Crippen molar-refractivity contribution in [3.8, 4) is 0 Å². The Morgan fingerprint density at radius 3 is 2.32 bits per heavy atom. The first-order chi connectivity index (χ1) is 9.30. The normalized spacial score (nSPS) is 14.7. The zero-order valence-electron chi connectivity index (χ0n) is 12.8. The fraction of sp³-hybridized carbons (Fsp3) is 0.706. The summed E-state index contributed by atoms with van der Waals surface area (Å²) in [5.41, 5.74) is 2.94. The summed E-state index contributed by atoms with van der Waals surface area (Å²) in [4.78, 5) is 7.30. The van der Waals surface area contributed by atoms with Crippen LogP contribution < -0.4 is 4.90 Å². The van der Waals surface area contributed by atoms with E-state index in [0.717, 1.165) is 25.4 Å². The van der Waals surface area contributed by atoms with Crippen LogP contribution in [-0.2, 0) is 6.42 Å². The van der Waals surface area contributed by atoms with Gasteiger partial charge >= 0.3 is 0 Å². The minimum atomic E-state index is 0.808. The average molecular weight is 260 g/mol. The Morgan fingerprint density at radius 2 is 1.79 bits per heavy atom. The molecule has 2 rings (SSSR count). The van der Waals surface area contributed by atoms with E-state index >= 15 is 0 Å². The molecular formula is C17H28N2. The number of rotatable bonds is 8. The molecular weight excluding hydrogens is 232 g/mol. The van der Waals surface area contributed by atoms with Crippen molar-refractivity contribution in [3.63, 3.8) is 0 Å². The molecule has 0 N–H and O–H groups in total. The minimum absolute atomic E-state index is 0.808. The van der Waals surface area contributed by atoms with Crippen LogP contribution in [0.3, 0.4) is 0 Å². The molecule has 0 aromatic carbocycles. The van der Waals surface area contributed by atoms with Gasteiger partial charge in [0.05, 0.1) is 0 Å². The van der Waals surface area contributed by atoms with Crippen LogP contribution in [0.1, 0.15) is 69.9 Å². The molecule has 0 amide bonds. The van der Waals surface area contributed by atoms with Gasteiger partial charge in [0.2, 0.25) is 0 Å². The maximum Gasteiger partial charge on any atom is 0.131 e. The molecule has 1 aliphatic rings. The average Bonchev–Trinajstić information content (AvgIpc) is 3.23. The second-order valence-corrected chi connectivity index (χ2v) is 5.76. The molecule has 1 aromatic rings. The number of aromatic nitrogens is 1.